The Hall–Kier alpha value is -1.53. The van der Waals surface area contributed by atoms with Crippen LogP contribution >= 0.6 is 15.9 Å². The van der Waals surface area contributed by atoms with Crippen LogP contribution in [-0.2, 0) is 10.0 Å². The van der Waals surface area contributed by atoms with Crippen LogP contribution in [0.4, 0.5) is 11.4 Å². The van der Waals surface area contributed by atoms with E-state index in [-0.39, 0.29) is 10.6 Å². The molecular weight excluding hydrogens is 328 g/mol. The second-order valence-corrected chi connectivity index (χ2v) is 6.56. The maximum atomic E-state index is 12.3. The first-order valence-electron chi connectivity index (χ1n) is 5.54. The number of anilines is 2. The minimum absolute atomic E-state index is 0.0781. The summed E-state index contributed by atoms with van der Waals surface area (Å²) in [5, 5.41) is 0. The molecule has 3 N–H and O–H groups in total. The molecule has 100 valence electrons. The number of sulfonamides is 1. The summed E-state index contributed by atoms with van der Waals surface area (Å²) < 4.78 is 27.9. The smallest absolute Gasteiger partial charge is 0.263 e. The third kappa shape index (κ3) is 2.90. The average molecular weight is 341 g/mol. The summed E-state index contributed by atoms with van der Waals surface area (Å²) in [6.45, 7) is 1.83. The van der Waals surface area contributed by atoms with Gasteiger partial charge in [0.2, 0.25) is 0 Å². The molecule has 0 saturated heterocycles. The van der Waals surface area contributed by atoms with Crippen LogP contribution in [0.25, 0.3) is 0 Å². The normalized spacial score (nSPS) is 11.3. The number of nitrogen functional groups attached to an aromatic ring is 1. The van der Waals surface area contributed by atoms with E-state index in [1.165, 1.54) is 6.07 Å². The quantitative estimate of drug-likeness (QED) is 0.843. The first kappa shape index (κ1) is 13.9. The standard InChI is InChI=1S/C13H13BrN2O2S/c1-9-10(14)5-4-7-12(9)16-19(17,18)13-8-3-2-6-11(13)15/h2-8,16H,15H2,1H3. The highest BCUT2D eigenvalue weighted by atomic mass is 79.9. The van der Waals surface area contributed by atoms with E-state index in [2.05, 4.69) is 20.7 Å². The fourth-order valence-electron chi connectivity index (χ4n) is 1.64. The van der Waals surface area contributed by atoms with Gasteiger partial charge in [0.15, 0.2) is 0 Å². The molecule has 2 aromatic rings. The monoisotopic (exact) mass is 340 g/mol. The van der Waals surface area contributed by atoms with Crippen LogP contribution in [0.5, 0.6) is 0 Å². The van der Waals surface area contributed by atoms with E-state index < -0.39 is 10.0 Å². The zero-order chi connectivity index (χ0) is 14.0. The van der Waals surface area contributed by atoms with Crippen molar-refractivity contribution >= 4 is 37.3 Å². The van der Waals surface area contributed by atoms with Gasteiger partial charge < -0.3 is 5.73 Å². The number of nitrogens with two attached hydrogens (primary N) is 1. The summed E-state index contributed by atoms with van der Waals surface area (Å²) in [5.41, 5.74) is 7.27. The molecule has 0 saturated carbocycles. The zero-order valence-electron chi connectivity index (χ0n) is 10.2. The summed E-state index contributed by atoms with van der Waals surface area (Å²) >= 11 is 3.36. The molecule has 19 heavy (non-hydrogen) atoms. The molecule has 4 nitrogen and oxygen atoms in total. The van der Waals surface area contributed by atoms with Crippen molar-refractivity contribution in [3.8, 4) is 0 Å². The van der Waals surface area contributed by atoms with Crippen molar-refractivity contribution in [3.63, 3.8) is 0 Å². The highest BCUT2D eigenvalue weighted by Gasteiger charge is 2.18. The third-order valence-electron chi connectivity index (χ3n) is 2.72. The van der Waals surface area contributed by atoms with Crippen LogP contribution in [0.1, 0.15) is 5.56 Å². The molecule has 0 heterocycles. The van der Waals surface area contributed by atoms with Gasteiger partial charge in [-0.1, -0.05) is 34.1 Å². The van der Waals surface area contributed by atoms with E-state index in [9.17, 15) is 8.42 Å². The Bertz CT molecular complexity index is 714. The van der Waals surface area contributed by atoms with Crippen LogP contribution in [0.15, 0.2) is 51.8 Å². The number of nitrogens with one attached hydrogen (secondary N) is 1. The third-order valence-corrected chi connectivity index (χ3v) is 5.02. The molecule has 0 unspecified atom stereocenters. The minimum Gasteiger partial charge on any atom is -0.398 e. The summed E-state index contributed by atoms with van der Waals surface area (Å²) in [5.74, 6) is 0. The number of hydrogen-bond acceptors (Lipinski definition) is 3. The van der Waals surface area contributed by atoms with Gasteiger partial charge in [-0.25, -0.2) is 8.42 Å². The van der Waals surface area contributed by atoms with Crippen molar-refractivity contribution in [3.05, 3.63) is 52.5 Å². The molecule has 2 rings (SSSR count). The Balaban J connectivity index is 2.43. The minimum atomic E-state index is -3.68. The van der Waals surface area contributed by atoms with E-state index in [4.69, 9.17) is 5.73 Å². The first-order valence-corrected chi connectivity index (χ1v) is 7.82. The maximum Gasteiger partial charge on any atom is 0.263 e. The Kier molecular flexibility index (Phi) is 3.82. The Morgan fingerprint density at radius 1 is 1.11 bits per heavy atom. The SMILES string of the molecule is Cc1c(Br)cccc1NS(=O)(=O)c1ccccc1N. The molecule has 0 fully saturated rings. The number of hydrogen-bond donors (Lipinski definition) is 2. The van der Waals surface area contributed by atoms with Gasteiger partial charge in [0.25, 0.3) is 10.0 Å². The van der Waals surface area contributed by atoms with E-state index in [1.807, 2.05) is 13.0 Å². The van der Waals surface area contributed by atoms with E-state index in [0.717, 1.165) is 10.0 Å². The maximum absolute atomic E-state index is 12.3. The van der Waals surface area contributed by atoms with Crippen molar-refractivity contribution in [2.45, 2.75) is 11.8 Å². The Labute approximate surface area is 120 Å². The fraction of sp³-hybridized carbons (Fsp3) is 0.0769. The number of para-hydroxylation sites is 1. The van der Waals surface area contributed by atoms with Gasteiger partial charge in [0, 0.05) is 4.47 Å². The molecule has 6 heteroatoms. The van der Waals surface area contributed by atoms with E-state index in [1.54, 1.807) is 30.3 Å². The molecule has 0 aliphatic rings. The number of halogens is 1. The highest BCUT2D eigenvalue weighted by molar-refractivity contribution is 9.10. The van der Waals surface area contributed by atoms with Gasteiger partial charge in [0.05, 0.1) is 11.4 Å². The predicted molar refractivity (Wildman–Crippen MR) is 80.5 cm³/mol. The molecule has 2 aromatic carbocycles. The van der Waals surface area contributed by atoms with E-state index >= 15 is 0 Å². The van der Waals surface area contributed by atoms with E-state index in [0.29, 0.717) is 5.69 Å². The molecule has 0 bridgehead atoms. The largest absolute Gasteiger partial charge is 0.398 e. The van der Waals surface area contributed by atoms with Crippen molar-refractivity contribution in [2.24, 2.45) is 0 Å². The van der Waals surface area contributed by atoms with Crippen LogP contribution in [0, 0.1) is 6.92 Å². The molecule has 0 aliphatic carbocycles. The van der Waals surface area contributed by atoms with Gasteiger partial charge in [-0.05, 0) is 36.8 Å². The number of benzene rings is 2. The van der Waals surface area contributed by atoms with Gasteiger partial charge in [0.1, 0.15) is 4.90 Å². The topological polar surface area (TPSA) is 72.2 Å². The Morgan fingerprint density at radius 2 is 1.79 bits per heavy atom. The van der Waals surface area contributed by atoms with Crippen LogP contribution in [0.2, 0.25) is 0 Å². The second kappa shape index (κ2) is 5.22. The van der Waals surface area contributed by atoms with Gasteiger partial charge >= 0.3 is 0 Å². The van der Waals surface area contributed by atoms with Crippen molar-refractivity contribution in [1.82, 2.24) is 0 Å². The molecule has 0 atom stereocenters. The molecule has 0 radical (unpaired) electrons. The van der Waals surface area contributed by atoms with Crippen molar-refractivity contribution < 1.29 is 8.42 Å². The van der Waals surface area contributed by atoms with Crippen molar-refractivity contribution in [1.29, 1.82) is 0 Å². The molecule has 0 amide bonds. The Morgan fingerprint density at radius 3 is 2.47 bits per heavy atom. The van der Waals surface area contributed by atoms with Crippen LogP contribution < -0.4 is 10.5 Å². The highest BCUT2D eigenvalue weighted by Crippen LogP contribution is 2.27. The average Bonchev–Trinajstić information content (AvgIpc) is 2.35. The molecule has 0 aromatic heterocycles. The van der Waals surface area contributed by atoms with Gasteiger partial charge in [-0.15, -0.1) is 0 Å². The predicted octanol–water partition coefficient (Wildman–Crippen LogP) is 3.14. The lowest BCUT2D eigenvalue weighted by Crippen LogP contribution is -2.15. The zero-order valence-corrected chi connectivity index (χ0v) is 12.6. The van der Waals surface area contributed by atoms with Gasteiger partial charge in [-0.3, -0.25) is 4.72 Å². The number of rotatable bonds is 3. The van der Waals surface area contributed by atoms with Crippen LogP contribution in [-0.4, -0.2) is 8.42 Å². The summed E-state index contributed by atoms with van der Waals surface area (Å²) in [6, 6.07) is 11.7. The molecule has 0 aliphatic heterocycles. The second-order valence-electron chi connectivity index (χ2n) is 4.06. The van der Waals surface area contributed by atoms with Crippen LogP contribution in [0.3, 0.4) is 0 Å². The fourth-order valence-corrected chi connectivity index (χ4v) is 3.27. The summed E-state index contributed by atoms with van der Waals surface area (Å²) in [4.78, 5) is 0.0781. The first-order chi connectivity index (χ1) is 8.92. The lowest BCUT2D eigenvalue weighted by atomic mass is 10.2. The lowest BCUT2D eigenvalue weighted by Gasteiger charge is -2.12. The summed E-state index contributed by atoms with van der Waals surface area (Å²) in [6.07, 6.45) is 0. The van der Waals surface area contributed by atoms with Crippen molar-refractivity contribution in [2.75, 3.05) is 10.5 Å². The molecule has 0 spiro atoms. The van der Waals surface area contributed by atoms with Gasteiger partial charge in [-0.2, -0.15) is 0 Å². The lowest BCUT2D eigenvalue weighted by molar-refractivity contribution is 0.601. The molecular formula is C13H13BrN2O2S. The summed E-state index contributed by atoms with van der Waals surface area (Å²) in [7, 11) is -3.68.